The monoisotopic (exact) mass is 504 g/mol. The Hall–Kier alpha value is -3.55. The maximum absolute atomic E-state index is 13.2. The van der Waals surface area contributed by atoms with Gasteiger partial charge in [0.2, 0.25) is 11.8 Å². The molecule has 3 aromatic heterocycles. The van der Waals surface area contributed by atoms with E-state index in [9.17, 15) is 9.59 Å². The number of pyridine rings is 3. The van der Waals surface area contributed by atoms with Crippen molar-refractivity contribution in [3.63, 3.8) is 0 Å². The van der Waals surface area contributed by atoms with Crippen LogP contribution in [-0.2, 0) is 20.7 Å². The predicted molar refractivity (Wildman–Crippen MR) is 141 cm³/mol. The van der Waals surface area contributed by atoms with Gasteiger partial charge in [-0.15, -0.1) is 0 Å². The van der Waals surface area contributed by atoms with Crippen LogP contribution in [0.25, 0.3) is 11.0 Å². The second kappa shape index (κ2) is 12.6. The van der Waals surface area contributed by atoms with E-state index >= 15 is 0 Å². The standard InChI is InChI=1S/C29H36N4O4/c1-4-37-27(34)18-22(24-11-14-26(36-3)31-19-24)8-6-16-33-20(2)17-23(29(33)35)10-13-25-12-9-21-7-5-15-30-28(21)32-25/h5,7,9,11-12,14-15,19-20,22-23H,4,6,8,10,13,16-18H2,1-3H3/t20?,22?,23-/m0/s1. The number of hydrogen-bond donors (Lipinski definition) is 0. The van der Waals surface area contributed by atoms with Crippen molar-refractivity contribution in [3.8, 4) is 5.88 Å². The van der Waals surface area contributed by atoms with Gasteiger partial charge >= 0.3 is 5.97 Å². The predicted octanol–water partition coefficient (Wildman–Crippen LogP) is 4.72. The first kappa shape index (κ1) is 26.5. The minimum Gasteiger partial charge on any atom is -0.481 e. The van der Waals surface area contributed by atoms with E-state index in [0.29, 0.717) is 25.5 Å². The van der Waals surface area contributed by atoms with Crippen LogP contribution < -0.4 is 4.74 Å². The third-order valence-corrected chi connectivity index (χ3v) is 7.17. The zero-order valence-electron chi connectivity index (χ0n) is 21.9. The second-order valence-corrected chi connectivity index (χ2v) is 9.69. The summed E-state index contributed by atoms with van der Waals surface area (Å²) in [4.78, 5) is 40.8. The molecule has 0 saturated carbocycles. The lowest BCUT2D eigenvalue weighted by Gasteiger charge is -2.23. The van der Waals surface area contributed by atoms with E-state index < -0.39 is 0 Å². The molecule has 0 bridgehead atoms. The highest BCUT2D eigenvalue weighted by Crippen LogP contribution is 2.31. The smallest absolute Gasteiger partial charge is 0.306 e. The first-order valence-corrected chi connectivity index (χ1v) is 13.1. The number of fused-ring (bicyclic) bond motifs is 1. The zero-order valence-corrected chi connectivity index (χ0v) is 21.9. The number of esters is 1. The van der Waals surface area contributed by atoms with Crippen LogP contribution in [0.2, 0.25) is 0 Å². The summed E-state index contributed by atoms with van der Waals surface area (Å²) < 4.78 is 10.4. The summed E-state index contributed by atoms with van der Waals surface area (Å²) in [7, 11) is 1.58. The minimum absolute atomic E-state index is 0.0114. The fourth-order valence-electron chi connectivity index (χ4n) is 5.19. The van der Waals surface area contributed by atoms with E-state index in [2.05, 4.69) is 21.9 Å². The van der Waals surface area contributed by atoms with Crippen LogP contribution in [0, 0.1) is 5.92 Å². The number of carbonyl (C=O) groups is 2. The molecule has 2 unspecified atom stereocenters. The lowest BCUT2D eigenvalue weighted by molar-refractivity contribution is -0.143. The molecule has 0 spiro atoms. The van der Waals surface area contributed by atoms with Gasteiger partial charge in [0.15, 0.2) is 5.65 Å². The number of likely N-dealkylation sites (tertiary alicyclic amines) is 1. The maximum atomic E-state index is 13.2. The number of nitrogens with zero attached hydrogens (tertiary/aromatic N) is 4. The molecular weight excluding hydrogens is 468 g/mol. The van der Waals surface area contributed by atoms with Gasteiger partial charge in [-0.05, 0) is 81.7 Å². The number of amides is 1. The van der Waals surface area contributed by atoms with Crippen molar-refractivity contribution in [2.45, 2.75) is 64.3 Å². The number of aryl methyl sites for hydroxylation is 1. The molecule has 3 aromatic rings. The normalized spacial score (nSPS) is 18.2. The van der Waals surface area contributed by atoms with Crippen molar-refractivity contribution in [1.82, 2.24) is 19.9 Å². The zero-order chi connectivity index (χ0) is 26.2. The van der Waals surface area contributed by atoms with Crippen LogP contribution >= 0.6 is 0 Å². The number of aromatic nitrogens is 3. The summed E-state index contributed by atoms with van der Waals surface area (Å²) in [6.45, 7) is 4.97. The molecule has 196 valence electrons. The Morgan fingerprint density at radius 3 is 2.81 bits per heavy atom. The molecule has 8 nitrogen and oxygen atoms in total. The Morgan fingerprint density at radius 1 is 1.19 bits per heavy atom. The van der Waals surface area contributed by atoms with E-state index in [1.54, 1.807) is 19.5 Å². The molecule has 0 aromatic carbocycles. The summed E-state index contributed by atoms with van der Waals surface area (Å²) in [5.74, 6) is 0.536. The second-order valence-electron chi connectivity index (χ2n) is 9.69. The van der Waals surface area contributed by atoms with Crippen LogP contribution in [0.4, 0.5) is 0 Å². The van der Waals surface area contributed by atoms with Crippen LogP contribution in [0.15, 0.2) is 48.8 Å². The number of hydrogen-bond acceptors (Lipinski definition) is 7. The number of methoxy groups -OCH3 is 1. The lowest BCUT2D eigenvalue weighted by atomic mass is 9.92. The van der Waals surface area contributed by atoms with Gasteiger partial charge in [-0.25, -0.2) is 15.0 Å². The molecule has 1 saturated heterocycles. The molecule has 0 aliphatic carbocycles. The van der Waals surface area contributed by atoms with Gasteiger partial charge in [-0.3, -0.25) is 9.59 Å². The highest BCUT2D eigenvalue weighted by Gasteiger charge is 2.36. The molecule has 1 aliphatic heterocycles. The van der Waals surface area contributed by atoms with Crippen molar-refractivity contribution < 1.29 is 19.1 Å². The number of rotatable bonds is 12. The fraction of sp³-hybridized carbons (Fsp3) is 0.483. The largest absolute Gasteiger partial charge is 0.481 e. The quantitative estimate of drug-likeness (QED) is 0.329. The molecule has 4 rings (SSSR count). The highest BCUT2D eigenvalue weighted by molar-refractivity contribution is 5.81. The van der Waals surface area contributed by atoms with Gasteiger partial charge in [0.05, 0.1) is 20.1 Å². The van der Waals surface area contributed by atoms with Gasteiger partial charge in [-0.2, -0.15) is 0 Å². The van der Waals surface area contributed by atoms with Gasteiger partial charge in [-0.1, -0.05) is 6.07 Å². The third kappa shape index (κ3) is 6.81. The van der Waals surface area contributed by atoms with Gasteiger partial charge in [0.25, 0.3) is 0 Å². The first-order chi connectivity index (χ1) is 18.0. The summed E-state index contributed by atoms with van der Waals surface area (Å²) in [5.41, 5.74) is 2.70. The molecule has 37 heavy (non-hydrogen) atoms. The highest BCUT2D eigenvalue weighted by atomic mass is 16.5. The van der Waals surface area contributed by atoms with Crippen molar-refractivity contribution in [2.24, 2.45) is 5.92 Å². The maximum Gasteiger partial charge on any atom is 0.306 e. The van der Waals surface area contributed by atoms with E-state index in [1.807, 2.05) is 48.2 Å². The fourth-order valence-corrected chi connectivity index (χ4v) is 5.19. The van der Waals surface area contributed by atoms with Crippen molar-refractivity contribution in [2.75, 3.05) is 20.3 Å². The Balaban J connectivity index is 1.32. The molecular formula is C29H36N4O4. The molecule has 3 atom stereocenters. The Bertz CT molecular complexity index is 1200. The SMILES string of the molecule is CCOC(=O)CC(CCCN1C(=O)[C@@H](CCc2ccc3cccnc3n2)CC1C)c1ccc(OC)nc1. The molecule has 1 fully saturated rings. The van der Waals surface area contributed by atoms with E-state index in [-0.39, 0.29) is 29.8 Å². The third-order valence-electron chi connectivity index (χ3n) is 7.17. The molecule has 1 aliphatic rings. The number of carbonyl (C=O) groups excluding carboxylic acids is 2. The van der Waals surface area contributed by atoms with Crippen LogP contribution in [0.1, 0.15) is 63.1 Å². The minimum atomic E-state index is -0.216. The van der Waals surface area contributed by atoms with E-state index in [1.165, 1.54) is 0 Å². The molecule has 4 heterocycles. The summed E-state index contributed by atoms with van der Waals surface area (Å²) >= 11 is 0. The molecule has 1 amide bonds. The van der Waals surface area contributed by atoms with E-state index in [4.69, 9.17) is 9.47 Å². The van der Waals surface area contributed by atoms with Crippen LogP contribution in [-0.4, -0.2) is 58.0 Å². The average molecular weight is 505 g/mol. The van der Waals surface area contributed by atoms with Gasteiger partial charge in [0, 0.05) is 48.0 Å². The van der Waals surface area contributed by atoms with Gasteiger partial charge < -0.3 is 14.4 Å². The van der Waals surface area contributed by atoms with Crippen LogP contribution in [0.3, 0.4) is 0 Å². The first-order valence-electron chi connectivity index (χ1n) is 13.1. The molecule has 8 heteroatoms. The average Bonchev–Trinajstić information content (AvgIpc) is 3.19. The summed E-state index contributed by atoms with van der Waals surface area (Å²) in [5, 5.41) is 1.02. The summed E-state index contributed by atoms with van der Waals surface area (Å²) in [6, 6.07) is 11.9. The van der Waals surface area contributed by atoms with Crippen molar-refractivity contribution in [3.05, 3.63) is 60.0 Å². The van der Waals surface area contributed by atoms with Crippen molar-refractivity contribution >= 4 is 22.9 Å². The van der Waals surface area contributed by atoms with Crippen molar-refractivity contribution in [1.29, 1.82) is 0 Å². The molecule has 0 radical (unpaired) electrons. The van der Waals surface area contributed by atoms with Crippen LogP contribution in [0.5, 0.6) is 5.88 Å². The van der Waals surface area contributed by atoms with E-state index in [0.717, 1.165) is 54.4 Å². The lowest BCUT2D eigenvalue weighted by Crippen LogP contribution is -2.33. The summed E-state index contributed by atoms with van der Waals surface area (Å²) in [6.07, 6.45) is 7.78. The Labute approximate surface area is 218 Å². The molecule has 0 N–H and O–H groups in total. The van der Waals surface area contributed by atoms with Gasteiger partial charge in [0.1, 0.15) is 0 Å². The number of ether oxygens (including phenoxy) is 2. The topological polar surface area (TPSA) is 94.5 Å². The Morgan fingerprint density at radius 2 is 2.05 bits per heavy atom. The Kier molecular flexibility index (Phi) is 9.04.